The van der Waals surface area contributed by atoms with Crippen LogP contribution < -0.4 is 10.6 Å². The third-order valence-corrected chi connectivity index (χ3v) is 3.83. The van der Waals surface area contributed by atoms with Crippen molar-refractivity contribution in [2.75, 3.05) is 30.3 Å². The van der Waals surface area contributed by atoms with E-state index in [9.17, 15) is 4.79 Å². The predicted molar refractivity (Wildman–Crippen MR) is 107 cm³/mol. The van der Waals surface area contributed by atoms with Gasteiger partial charge in [0, 0.05) is 37.2 Å². The maximum atomic E-state index is 12.3. The van der Waals surface area contributed by atoms with Crippen LogP contribution in [-0.2, 0) is 4.74 Å². The van der Waals surface area contributed by atoms with Gasteiger partial charge in [0.1, 0.15) is 5.56 Å². The minimum atomic E-state index is -0.499. The van der Waals surface area contributed by atoms with E-state index in [1.165, 1.54) is 6.20 Å². The highest BCUT2D eigenvalue weighted by atomic mass is 16.5. The second kappa shape index (κ2) is 9.75. The molecule has 29 heavy (non-hydrogen) atoms. The lowest BCUT2D eigenvalue weighted by molar-refractivity contribution is 0.0526. The molecular weight excluding hydrogens is 370 g/mol. The molecule has 0 aliphatic heterocycles. The number of nitrogens with one attached hydrogen (secondary N) is 2. The molecule has 1 aromatic carbocycles. The molecule has 0 saturated carbocycles. The van der Waals surface area contributed by atoms with Crippen LogP contribution in [0.5, 0.6) is 0 Å². The van der Waals surface area contributed by atoms with Gasteiger partial charge in [-0.2, -0.15) is 5.26 Å². The Balaban J connectivity index is 1.76. The Labute approximate surface area is 167 Å². The summed E-state index contributed by atoms with van der Waals surface area (Å²) in [5.41, 5.74) is 1.91. The van der Waals surface area contributed by atoms with Gasteiger partial charge in [-0.05, 0) is 25.1 Å². The molecule has 0 fully saturated rings. The van der Waals surface area contributed by atoms with Crippen molar-refractivity contribution in [2.45, 2.75) is 6.92 Å². The van der Waals surface area contributed by atoms with Crippen LogP contribution in [0.3, 0.4) is 0 Å². The minimum Gasteiger partial charge on any atom is -0.462 e. The highest BCUT2D eigenvalue weighted by molar-refractivity contribution is 5.96. The van der Waals surface area contributed by atoms with Crippen molar-refractivity contribution < 1.29 is 9.53 Å². The molecule has 0 radical (unpaired) electrons. The van der Waals surface area contributed by atoms with Crippen molar-refractivity contribution in [3.63, 3.8) is 0 Å². The number of esters is 1. The summed E-state index contributed by atoms with van der Waals surface area (Å²) in [4.78, 5) is 29.2. The SMILES string of the molecule is CCOC(=O)c1cnc(NCCNc2ncccn2)nc1-c1ccc(C#N)cc1. The lowest BCUT2D eigenvalue weighted by Gasteiger charge is -2.11. The molecule has 0 bridgehead atoms. The first-order chi connectivity index (χ1) is 14.2. The number of aromatic nitrogens is 4. The van der Waals surface area contributed by atoms with E-state index in [4.69, 9.17) is 10.00 Å². The zero-order valence-corrected chi connectivity index (χ0v) is 15.8. The number of hydrogen-bond acceptors (Lipinski definition) is 9. The van der Waals surface area contributed by atoms with Crippen LogP contribution in [0.15, 0.2) is 48.9 Å². The Morgan fingerprint density at radius 2 is 1.76 bits per heavy atom. The molecule has 2 heterocycles. The quantitative estimate of drug-likeness (QED) is 0.441. The Hall–Kier alpha value is -4.06. The summed E-state index contributed by atoms with van der Waals surface area (Å²) in [7, 11) is 0. The molecule has 146 valence electrons. The van der Waals surface area contributed by atoms with Crippen LogP contribution in [0.25, 0.3) is 11.3 Å². The summed E-state index contributed by atoms with van der Waals surface area (Å²) in [5, 5.41) is 15.2. The molecular formula is C20H19N7O2. The number of ether oxygens (including phenoxy) is 1. The summed E-state index contributed by atoms with van der Waals surface area (Å²) in [6, 6.07) is 10.6. The molecule has 0 spiro atoms. The Morgan fingerprint density at radius 1 is 1.07 bits per heavy atom. The predicted octanol–water partition coefficient (Wildman–Crippen LogP) is 2.51. The molecule has 0 atom stereocenters. The van der Waals surface area contributed by atoms with Crippen LogP contribution in [0.4, 0.5) is 11.9 Å². The highest BCUT2D eigenvalue weighted by Gasteiger charge is 2.17. The number of carbonyl (C=O) groups is 1. The van der Waals surface area contributed by atoms with E-state index < -0.39 is 5.97 Å². The topological polar surface area (TPSA) is 126 Å². The maximum absolute atomic E-state index is 12.3. The second-order valence-corrected chi connectivity index (χ2v) is 5.79. The zero-order chi connectivity index (χ0) is 20.5. The number of benzene rings is 1. The van der Waals surface area contributed by atoms with E-state index in [1.807, 2.05) is 0 Å². The van der Waals surface area contributed by atoms with Crippen molar-refractivity contribution in [2.24, 2.45) is 0 Å². The van der Waals surface area contributed by atoms with Crippen molar-refractivity contribution >= 4 is 17.9 Å². The van der Waals surface area contributed by atoms with Gasteiger partial charge in [-0.3, -0.25) is 0 Å². The summed E-state index contributed by atoms with van der Waals surface area (Å²) < 4.78 is 5.11. The molecule has 3 rings (SSSR count). The normalized spacial score (nSPS) is 10.1. The van der Waals surface area contributed by atoms with Gasteiger partial charge in [0.15, 0.2) is 0 Å². The molecule has 0 unspecified atom stereocenters. The summed E-state index contributed by atoms with van der Waals surface area (Å²) in [5.74, 6) is 0.403. The fraction of sp³-hybridized carbons (Fsp3) is 0.200. The van der Waals surface area contributed by atoms with Crippen LogP contribution in [-0.4, -0.2) is 45.6 Å². The van der Waals surface area contributed by atoms with E-state index in [-0.39, 0.29) is 12.2 Å². The first kappa shape index (κ1) is 19.7. The first-order valence-electron chi connectivity index (χ1n) is 9.00. The van der Waals surface area contributed by atoms with Gasteiger partial charge >= 0.3 is 5.97 Å². The molecule has 0 amide bonds. The van der Waals surface area contributed by atoms with E-state index >= 15 is 0 Å². The molecule has 9 nitrogen and oxygen atoms in total. The minimum absolute atomic E-state index is 0.249. The number of anilines is 2. The van der Waals surface area contributed by atoms with Crippen LogP contribution in [0, 0.1) is 11.3 Å². The third-order valence-electron chi connectivity index (χ3n) is 3.83. The van der Waals surface area contributed by atoms with E-state index in [0.717, 1.165) is 0 Å². The van der Waals surface area contributed by atoms with Gasteiger partial charge in [0.05, 0.1) is 23.9 Å². The molecule has 2 aromatic heterocycles. The summed E-state index contributed by atoms with van der Waals surface area (Å²) in [6.45, 7) is 3.06. The van der Waals surface area contributed by atoms with E-state index in [2.05, 4.69) is 36.6 Å². The fourth-order valence-electron chi connectivity index (χ4n) is 2.49. The summed E-state index contributed by atoms with van der Waals surface area (Å²) in [6.07, 6.45) is 4.75. The monoisotopic (exact) mass is 389 g/mol. The van der Waals surface area contributed by atoms with Crippen LogP contribution in [0.2, 0.25) is 0 Å². The molecule has 0 aliphatic rings. The van der Waals surface area contributed by atoms with Crippen molar-refractivity contribution in [3.8, 4) is 17.3 Å². The van der Waals surface area contributed by atoms with Gasteiger partial charge in [0.25, 0.3) is 0 Å². The van der Waals surface area contributed by atoms with Crippen molar-refractivity contribution in [3.05, 3.63) is 60.0 Å². The smallest absolute Gasteiger partial charge is 0.341 e. The van der Waals surface area contributed by atoms with Crippen LogP contribution >= 0.6 is 0 Å². The third kappa shape index (κ3) is 5.23. The Morgan fingerprint density at radius 3 is 2.41 bits per heavy atom. The molecule has 0 aliphatic carbocycles. The fourth-order valence-corrected chi connectivity index (χ4v) is 2.49. The standard InChI is InChI=1S/C20H19N7O2/c1-2-29-18(28)16-13-26-20(25-11-10-24-19-22-8-3-9-23-19)27-17(16)15-6-4-14(12-21)5-7-15/h3-9,13H,2,10-11H2,1H3,(H,22,23,24)(H,25,26,27). The lowest BCUT2D eigenvalue weighted by atomic mass is 10.1. The summed E-state index contributed by atoms with van der Waals surface area (Å²) >= 11 is 0. The molecule has 3 aromatic rings. The van der Waals surface area contributed by atoms with Crippen molar-refractivity contribution in [1.82, 2.24) is 19.9 Å². The second-order valence-electron chi connectivity index (χ2n) is 5.79. The number of hydrogen-bond donors (Lipinski definition) is 2. The highest BCUT2D eigenvalue weighted by Crippen LogP contribution is 2.23. The first-order valence-corrected chi connectivity index (χ1v) is 9.00. The average Bonchev–Trinajstić information content (AvgIpc) is 2.77. The number of carbonyl (C=O) groups excluding carboxylic acids is 1. The van der Waals surface area contributed by atoms with Gasteiger partial charge < -0.3 is 15.4 Å². The number of nitrogens with zero attached hydrogens (tertiary/aromatic N) is 5. The Bertz CT molecular complexity index is 1000. The van der Waals surface area contributed by atoms with Gasteiger partial charge in [-0.1, -0.05) is 12.1 Å². The Kier molecular flexibility index (Phi) is 6.62. The molecule has 0 saturated heterocycles. The van der Waals surface area contributed by atoms with E-state index in [0.29, 0.717) is 41.8 Å². The zero-order valence-electron chi connectivity index (χ0n) is 15.8. The number of nitriles is 1. The van der Waals surface area contributed by atoms with Gasteiger partial charge in [-0.15, -0.1) is 0 Å². The van der Waals surface area contributed by atoms with Gasteiger partial charge in [0.2, 0.25) is 11.9 Å². The number of rotatable bonds is 8. The maximum Gasteiger partial charge on any atom is 0.341 e. The van der Waals surface area contributed by atoms with Gasteiger partial charge in [-0.25, -0.2) is 24.7 Å². The molecule has 2 N–H and O–H groups in total. The van der Waals surface area contributed by atoms with Crippen LogP contribution in [0.1, 0.15) is 22.8 Å². The largest absolute Gasteiger partial charge is 0.462 e. The van der Waals surface area contributed by atoms with Crippen molar-refractivity contribution in [1.29, 1.82) is 5.26 Å². The van der Waals surface area contributed by atoms with E-state index in [1.54, 1.807) is 49.6 Å². The molecule has 9 heteroatoms. The average molecular weight is 389 g/mol. The lowest BCUT2D eigenvalue weighted by Crippen LogP contribution is -2.17.